The first kappa shape index (κ1) is 14.6. The molecule has 2 aromatic rings. The Balaban J connectivity index is 2.04. The normalized spacial score (nSPS) is 10.9. The zero-order valence-corrected chi connectivity index (χ0v) is 13.6. The van der Waals surface area contributed by atoms with Crippen LogP contribution in [-0.4, -0.2) is 35.2 Å². The van der Waals surface area contributed by atoms with E-state index < -0.39 is 0 Å². The molecule has 2 heterocycles. The minimum atomic E-state index is 0.695. The topological polar surface area (TPSA) is 62.8 Å². The van der Waals surface area contributed by atoms with Crippen LogP contribution in [0.5, 0.6) is 0 Å². The van der Waals surface area contributed by atoms with Crippen molar-refractivity contribution in [1.82, 2.24) is 20.3 Å². The van der Waals surface area contributed by atoms with Crippen molar-refractivity contribution in [3.05, 3.63) is 33.1 Å². The summed E-state index contributed by atoms with van der Waals surface area (Å²) in [7, 11) is 1.69. The van der Waals surface area contributed by atoms with Gasteiger partial charge in [-0.05, 0) is 37.9 Å². The van der Waals surface area contributed by atoms with Crippen LogP contribution in [-0.2, 0) is 11.3 Å². The number of hydrogen-bond acceptors (Lipinski definition) is 4. The predicted molar refractivity (Wildman–Crippen MR) is 80.8 cm³/mol. The highest BCUT2D eigenvalue weighted by Gasteiger charge is 2.09. The molecule has 102 valence electrons. The van der Waals surface area contributed by atoms with Crippen LogP contribution in [0.15, 0.2) is 27.4 Å². The Kier molecular flexibility index (Phi) is 5.50. The average Bonchev–Trinajstić information content (AvgIpc) is 2.83. The third kappa shape index (κ3) is 4.10. The van der Waals surface area contributed by atoms with Crippen LogP contribution >= 0.6 is 31.9 Å². The Morgan fingerprint density at radius 2 is 2.16 bits per heavy atom. The molecule has 0 aliphatic carbocycles. The highest BCUT2D eigenvalue weighted by molar-refractivity contribution is 9.11. The van der Waals surface area contributed by atoms with Crippen molar-refractivity contribution < 1.29 is 4.74 Å². The zero-order chi connectivity index (χ0) is 13.7. The lowest BCUT2D eigenvalue weighted by atomic mass is 10.3. The van der Waals surface area contributed by atoms with Crippen molar-refractivity contribution in [3.63, 3.8) is 0 Å². The van der Waals surface area contributed by atoms with E-state index in [4.69, 9.17) is 4.74 Å². The summed E-state index contributed by atoms with van der Waals surface area (Å²) < 4.78 is 6.80. The van der Waals surface area contributed by atoms with Gasteiger partial charge in [-0.25, -0.2) is 4.98 Å². The van der Waals surface area contributed by atoms with Crippen LogP contribution in [0.1, 0.15) is 5.69 Å². The Bertz CT molecular complexity index is 544. The van der Waals surface area contributed by atoms with Gasteiger partial charge in [0, 0.05) is 41.0 Å². The van der Waals surface area contributed by atoms with Crippen molar-refractivity contribution in [2.75, 3.05) is 20.3 Å². The van der Waals surface area contributed by atoms with Gasteiger partial charge in [0.05, 0.1) is 12.8 Å². The maximum Gasteiger partial charge on any atom is 0.157 e. The number of imidazole rings is 1. The zero-order valence-electron chi connectivity index (χ0n) is 10.4. The smallest absolute Gasteiger partial charge is 0.157 e. The predicted octanol–water partition coefficient (Wildman–Crippen LogP) is 2.73. The molecule has 0 unspecified atom stereocenters. The Hall–Kier alpha value is -0.760. The summed E-state index contributed by atoms with van der Waals surface area (Å²) in [4.78, 5) is 11.9. The van der Waals surface area contributed by atoms with Gasteiger partial charge < -0.3 is 15.0 Å². The van der Waals surface area contributed by atoms with Crippen LogP contribution in [0.2, 0.25) is 0 Å². The molecule has 0 spiro atoms. The van der Waals surface area contributed by atoms with Gasteiger partial charge in [0.15, 0.2) is 5.82 Å². The molecule has 2 aromatic heterocycles. The molecule has 0 aliphatic heterocycles. The monoisotopic (exact) mass is 388 g/mol. The SMILES string of the molecule is COCCNCc1cnc(-c2ncc(Br)cc2Br)[nH]1. The number of aromatic nitrogens is 3. The maximum atomic E-state index is 4.97. The maximum absolute atomic E-state index is 4.97. The quantitative estimate of drug-likeness (QED) is 0.745. The molecular formula is C12H14Br2N4O. The number of ether oxygens (including phenoxy) is 1. The molecule has 5 nitrogen and oxygen atoms in total. The lowest BCUT2D eigenvalue weighted by molar-refractivity contribution is 0.199. The molecule has 0 saturated heterocycles. The minimum absolute atomic E-state index is 0.695. The second kappa shape index (κ2) is 7.14. The fourth-order valence-electron chi connectivity index (χ4n) is 1.56. The van der Waals surface area contributed by atoms with Crippen LogP contribution < -0.4 is 5.32 Å². The Labute approximate surface area is 128 Å². The fraction of sp³-hybridized carbons (Fsp3) is 0.333. The highest BCUT2D eigenvalue weighted by atomic mass is 79.9. The number of nitrogens with zero attached hydrogens (tertiary/aromatic N) is 2. The lowest BCUT2D eigenvalue weighted by Crippen LogP contribution is -2.18. The molecule has 0 atom stereocenters. The fourth-order valence-corrected chi connectivity index (χ4v) is 2.73. The number of hydrogen-bond donors (Lipinski definition) is 2. The molecular weight excluding hydrogens is 376 g/mol. The number of pyridine rings is 1. The van der Waals surface area contributed by atoms with Crippen LogP contribution in [0.4, 0.5) is 0 Å². The summed E-state index contributed by atoms with van der Waals surface area (Å²) in [6.45, 7) is 2.23. The van der Waals surface area contributed by atoms with E-state index in [0.717, 1.165) is 39.2 Å². The van der Waals surface area contributed by atoms with Crippen LogP contribution in [0.25, 0.3) is 11.5 Å². The Morgan fingerprint density at radius 3 is 2.89 bits per heavy atom. The molecule has 2 N–H and O–H groups in total. The number of rotatable bonds is 6. The first-order valence-electron chi connectivity index (χ1n) is 5.75. The van der Waals surface area contributed by atoms with E-state index in [9.17, 15) is 0 Å². The highest BCUT2D eigenvalue weighted by Crippen LogP contribution is 2.26. The molecule has 0 aliphatic rings. The molecule has 0 aromatic carbocycles. The molecule has 2 rings (SSSR count). The van der Waals surface area contributed by atoms with Crippen molar-refractivity contribution in [2.24, 2.45) is 0 Å². The van der Waals surface area contributed by atoms with E-state index in [1.807, 2.05) is 12.3 Å². The van der Waals surface area contributed by atoms with Gasteiger partial charge in [-0.2, -0.15) is 0 Å². The molecule has 0 saturated carbocycles. The van der Waals surface area contributed by atoms with Gasteiger partial charge in [0.2, 0.25) is 0 Å². The molecule has 0 fully saturated rings. The number of H-pyrrole nitrogens is 1. The van der Waals surface area contributed by atoms with Crippen molar-refractivity contribution >= 4 is 31.9 Å². The summed E-state index contributed by atoms with van der Waals surface area (Å²) in [5.41, 5.74) is 1.81. The summed E-state index contributed by atoms with van der Waals surface area (Å²) in [6.07, 6.45) is 3.56. The van der Waals surface area contributed by atoms with E-state index >= 15 is 0 Å². The number of aromatic amines is 1. The van der Waals surface area contributed by atoms with Gasteiger partial charge >= 0.3 is 0 Å². The molecule has 0 radical (unpaired) electrons. The molecule has 0 bridgehead atoms. The summed E-state index contributed by atoms with van der Waals surface area (Å²) in [6, 6.07) is 1.95. The van der Waals surface area contributed by atoms with Crippen LogP contribution in [0, 0.1) is 0 Å². The second-order valence-corrected chi connectivity index (χ2v) is 5.68. The van der Waals surface area contributed by atoms with Crippen molar-refractivity contribution in [1.29, 1.82) is 0 Å². The van der Waals surface area contributed by atoms with Crippen LogP contribution in [0.3, 0.4) is 0 Å². The molecule has 0 amide bonds. The van der Waals surface area contributed by atoms with E-state index in [1.54, 1.807) is 13.3 Å². The summed E-state index contributed by atoms with van der Waals surface area (Å²) >= 11 is 6.86. The van der Waals surface area contributed by atoms with Gasteiger partial charge in [0.1, 0.15) is 5.69 Å². The average molecular weight is 390 g/mol. The largest absolute Gasteiger partial charge is 0.383 e. The third-order valence-electron chi connectivity index (χ3n) is 2.46. The summed E-state index contributed by atoms with van der Waals surface area (Å²) in [5.74, 6) is 0.753. The number of halogens is 2. The van der Waals surface area contributed by atoms with Gasteiger partial charge in [-0.15, -0.1) is 0 Å². The van der Waals surface area contributed by atoms with Crippen molar-refractivity contribution in [3.8, 4) is 11.5 Å². The van der Waals surface area contributed by atoms with Crippen molar-refractivity contribution in [2.45, 2.75) is 6.54 Å². The van der Waals surface area contributed by atoms with E-state index in [0.29, 0.717) is 6.61 Å². The van der Waals surface area contributed by atoms with Gasteiger partial charge in [-0.1, -0.05) is 0 Å². The summed E-state index contributed by atoms with van der Waals surface area (Å²) in [5, 5.41) is 3.26. The van der Waals surface area contributed by atoms with Gasteiger partial charge in [0.25, 0.3) is 0 Å². The molecule has 7 heteroatoms. The standard InChI is InChI=1S/C12H14Br2N4O/c1-19-3-2-15-6-9-7-17-12(18-9)11-10(14)4-8(13)5-16-11/h4-5,7,15H,2-3,6H2,1H3,(H,17,18). The lowest BCUT2D eigenvalue weighted by Gasteiger charge is -2.02. The third-order valence-corrected chi connectivity index (χ3v) is 3.50. The van der Waals surface area contributed by atoms with E-state index in [2.05, 4.69) is 52.1 Å². The van der Waals surface area contributed by atoms with Gasteiger partial charge in [-0.3, -0.25) is 4.98 Å². The first-order valence-corrected chi connectivity index (χ1v) is 7.34. The molecule has 19 heavy (non-hydrogen) atoms. The number of methoxy groups -OCH3 is 1. The second-order valence-electron chi connectivity index (χ2n) is 3.91. The minimum Gasteiger partial charge on any atom is -0.383 e. The van der Waals surface area contributed by atoms with E-state index in [-0.39, 0.29) is 0 Å². The van der Waals surface area contributed by atoms with E-state index in [1.165, 1.54) is 0 Å². The number of nitrogens with one attached hydrogen (secondary N) is 2. The first-order chi connectivity index (χ1) is 9.20. The Morgan fingerprint density at radius 1 is 1.32 bits per heavy atom.